The van der Waals surface area contributed by atoms with Gasteiger partial charge in [-0.2, -0.15) is 0 Å². The lowest BCUT2D eigenvalue weighted by Crippen LogP contribution is -2.53. The van der Waals surface area contributed by atoms with Crippen LogP contribution in [0.15, 0.2) is 60.7 Å². The summed E-state index contributed by atoms with van der Waals surface area (Å²) in [6.07, 6.45) is 3.29. The molecule has 4 heterocycles. The van der Waals surface area contributed by atoms with E-state index in [9.17, 15) is 4.79 Å². The molecule has 0 saturated carbocycles. The lowest BCUT2D eigenvalue weighted by atomic mass is 9.86. The summed E-state index contributed by atoms with van der Waals surface area (Å²) in [4.78, 5) is 16.7. The summed E-state index contributed by atoms with van der Waals surface area (Å²) in [6.45, 7) is 4.75. The minimum atomic E-state index is -0.122. The van der Waals surface area contributed by atoms with Crippen LogP contribution in [0.2, 0.25) is 0 Å². The number of benzene rings is 2. The highest BCUT2D eigenvalue weighted by molar-refractivity contribution is 5.68. The summed E-state index contributed by atoms with van der Waals surface area (Å²) in [7, 11) is 0. The third-order valence-corrected chi connectivity index (χ3v) is 5.90. The topological polar surface area (TPSA) is 32.8 Å². The third-order valence-electron chi connectivity index (χ3n) is 5.90. The summed E-state index contributed by atoms with van der Waals surface area (Å²) in [5.41, 5.74) is 2.62. The Morgan fingerprint density at radius 3 is 2.07 bits per heavy atom. The molecule has 0 spiro atoms. The zero-order valence-corrected chi connectivity index (χ0v) is 15.8. The fourth-order valence-electron chi connectivity index (χ4n) is 4.28. The van der Waals surface area contributed by atoms with Crippen molar-refractivity contribution in [3.05, 3.63) is 71.8 Å². The normalized spacial score (nSPS) is 25.8. The van der Waals surface area contributed by atoms with Crippen molar-refractivity contribution in [3.63, 3.8) is 0 Å². The van der Waals surface area contributed by atoms with Gasteiger partial charge in [-0.3, -0.25) is 4.90 Å². The average molecular weight is 364 g/mol. The van der Waals surface area contributed by atoms with Crippen molar-refractivity contribution in [1.82, 2.24) is 9.80 Å². The molecule has 27 heavy (non-hydrogen) atoms. The van der Waals surface area contributed by atoms with E-state index in [1.807, 2.05) is 47.4 Å². The van der Waals surface area contributed by atoms with Crippen LogP contribution in [0.5, 0.6) is 0 Å². The van der Waals surface area contributed by atoms with E-state index in [4.69, 9.17) is 4.74 Å². The van der Waals surface area contributed by atoms with Gasteiger partial charge in [0.25, 0.3) is 0 Å². The standard InChI is InChI=1S/C17H22N2O2.C6H6/c20-17(21-16-12-18-8-5-14(16)6-9-18)19-10-7-13-3-1-2-4-15(13)11-19;1-2-4-6-5-3-1/h1-4,14,16H,5-12H2;1-6H/t16-;/m0./s1. The number of nitrogens with zero attached hydrogens (tertiary/aromatic N) is 2. The quantitative estimate of drug-likeness (QED) is 0.768. The van der Waals surface area contributed by atoms with Crippen molar-refractivity contribution in [1.29, 1.82) is 0 Å². The monoisotopic (exact) mass is 364 g/mol. The van der Waals surface area contributed by atoms with Gasteiger partial charge in [0.05, 0.1) is 0 Å². The first-order chi connectivity index (χ1) is 13.3. The first-order valence-corrected chi connectivity index (χ1v) is 10.0. The molecule has 1 atom stereocenters. The molecule has 6 rings (SSSR count). The summed E-state index contributed by atoms with van der Waals surface area (Å²) in [5, 5.41) is 0. The molecule has 0 aromatic heterocycles. The van der Waals surface area contributed by atoms with E-state index >= 15 is 0 Å². The van der Waals surface area contributed by atoms with Crippen LogP contribution < -0.4 is 0 Å². The Balaban J connectivity index is 0.000000257. The maximum Gasteiger partial charge on any atom is 0.410 e. The lowest BCUT2D eigenvalue weighted by molar-refractivity contribution is -0.0446. The molecule has 0 N–H and O–H groups in total. The van der Waals surface area contributed by atoms with Gasteiger partial charge in [0.15, 0.2) is 0 Å². The average Bonchev–Trinajstić information content (AvgIpc) is 2.76. The largest absolute Gasteiger partial charge is 0.444 e. The van der Waals surface area contributed by atoms with Crippen molar-refractivity contribution in [2.45, 2.75) is 31.9 Å². The Kier molecular flexibility index (Phi) is 5.73. The van der Waals surface area contributed by atoms with Gasteiger partial charge in [-0.25, -0.2) is 4.79 Å². The van der Waals surface area contributed by atoms with Gasteiger partial charge in [0.2, 0.25) is 0 Å². The molecular weight excluding hydrogens is 336 g/mol. The predicted octanol–water partition coefficient (Wildman–Crippen LogP) is 3.96. The Morgan fingerprint density at radius 1 is 0.852 bits per heavy atom. The zero-order chi connectivity index (χ0) is 18.5. The van der Waals surface area contributed by atoms with Crippen LogP contribution in [0, 0.1) is 5.92 Å². The molecule has 3 saturated heterocycles. The maximum absolute atomic E-state index is 12.4. The molecule has 2 bridgehead atoms. The molecular formula is C23H28N2O2. The number of carbonyl (C=O) groups is 1. The number of carbonyl (C=O) groups excluding carboxylic acids is 1. The number of ether oxygens (including phenoxy) is 1. The first-order valence-electron chi connectivity index (χ1n) is 10.0. The summed E-state index contributed by atoms with van der Waals surface area (Å²) in [5.74, 6) is 0.580. The van der Waals surface area contributed by atoms with E-state index < -0.39 is 0 Å². The Labute approximate surface area is 161 Å². The van der Waals surface area contributed by atoms with Crippen molar-refractivity contribution in [2.75, 3.05) is 26.2 Å². The second kappa shape index (κ2) is 8.57. The number of rotatable bonds is 1. The summed E-state index contributed by atoms with van der Waals surface area (Å²) >= 11 is 0. The molecule has 2 aromatic rings. The highest BCUT2D eigenvalue weighted by atomic mass is 16.6. The van der Waals surface area contributed by atoms with Gasteiger partial charge < -0.3 is 9.64 Å². The fourth-order valence-corrected chi connectivity index (χ4v) is 4.28. The van der Waals surface area contributed by atoms with E-state index in [0.29, 0.717) is 12.5 Å². The van der Waals surface area contributed by atoms with Crippen LogP contribution in [0.25, 0.3) is 0 Å². The second-order valence-electron chi connectivity index (χ2n) is 7.66. The Morgan fingerprint density at radius 2 is 1.48 bits per heavy atom. The number of hydrogen-bond acceptors (Lipinski definition) is 3. The Hall–Kier alpha value is -2.33. The van der Waals surface area contributed by atoms with Crippen LogP contribution in [0.3, 0.4) is 0 Å². The maximum atomic E-state index is 12.4. The molecule has 0 aliphatic carbocycles. The van der Waals surface area contributed by atoms with Crippen molar-refractivity contribution >= 4 is 6.09 Å². The van der Waals surface area contributed by atoms with E-state index in [0.717, 1.165) is 19.5 Å². The van der Waals surface area contributed by atoms with E-state index in [1.54, 1.807) is 0 Å². The Bertz CT molecular complexity index is 714. The SMILES string of the molecule is O=C(O[C@H]1CN2CCC1CC2)N1CCc2ccccc2C1.c1ccccc1. The van der Waals surface area contributed by atoms with Crippen LogP contribution in [0.1, 0.15) is 24.0 Å². The lowest BCUT2D eigenvalue weighted by Gasteiger charge is -2.44. The van der Waals surface area contributed by atoms with Crippen LogP contribution in [0.4, 0.5) is 4.79 Å². The molecule has 142 valence electrons. The highest BCUT2D eigenvalue weighted by Crippen LogP contribution is 2.30. The van der Waals surface area contributed by atoms with Gasteiger partial charge in [0.1, 0.15) is 6.10 Å². The number of fused-ring (bicyclic) bond motifs is 4. The molecule has 4 aliphatic heterocycles. The molecule has 2 aromatic carbocycles. The molecule has 3 fully saturated rings. The van der Waals surface area contributed by atoms with Crippen molar-refractivity contribution in [3.8, 4) is 0 Å². The number of hydrogen-bond donors (Lipinski definition) is 0. The fraction of sp³-hybridized carbons (Fsp3) is 0.435. The molecule has 0 radical (unpaired) electrons. The van der Waals surface area contributed by atoms with Gasteiger partial charge in [-0.1, -0.05) is 60.7 Å². The van der Waals surface area contributed by atoms with Crippen molar-refractivity contribution in [2.24, 2.45) is 5.92 Å². The molecule has 0 unspecified atom stereocenters. The molecule has 4 heteroatoms. The van der Waals surface area contributed by atoms with E-state index in [2.05, 4.69) is 23.1 Å². The predicted molar refractivity (Wildman–Crippen MR) is 106 cm³/mol. The minimum absolute atomic E-state index is 0.108. The molecule has 4 aliphatic rings. The minimum Gasteiger partial charge on any atom is -0.444 e. The van der Waals surface area contributed by atoms with Crippen LogP contribution in [-0.4, -0.2) is 48.2 Å². The highest BCUT2D eigenvalue weighted by Gasteiger charge is 2.37. The number of piperidine rings is 3. The smallest absolute Gasteiger partial charge is 0.410 e. The van der Waals surface area contributed by atoms with Gasteiger partial charge in [0, 0.05) is 19.6 Å². The van der Waals surface area contributed by atoms with E-state index in [-0.39, 0.29) is 12.2 Å². The zero-order valence-electron chi connectivity index (χ0n) is 15.8. The summed E-state index contributed by atoms with van der Waals surface area (Å²) in [6, 6.07) is 20.4. The molecule has 1 amide bonds. The van der Waals surface area contributed by atoms with E-state index in [1.165, 1.54) is 37.1 Å². The molecule has 4 nitrogen and oxygen atoms in total. The first kappa shape index (κ1) is 18.1. The van der Waals surface area contributed by atoms with Gasteiger partial charge in [-0.15, -0.1) is 0 Å². The van der Waals surface area contributed by atoms with Gasteiger partial charge in [-0.05, 0) is 49.4 Å². The second-order valence-corrected chi connectivity index (χ2v) is 7.66. The third kappa shape index (κ3) is 4.51. The van der Waals surface area contributed by atoms with Crippen LogP contribution in [-0.2, 0) is 17.7 Å². The van der Waals surface area contributed by atoms with Crippen molar-refractivity contribution < 1.29 is 9.53 Å². The van der Waals surface area contributed by atoms with Gasteiger partial charge >= 0.3 is 6.09 Å². The van der Waals surface area contributed by atoms with Crippen LogP contribution >= 0.6 is 0 Å². The summed E-state index contributed by atoms with van der Waals surface area (Å²) < 4.78 is 5.83. The number of amides is 1.